The number of likely N-dealkylation sites (N-methyl/N-ethyl adjacent to an activating group) is 1. The van der Waals surface area contributed by atoms with Crippen molar-refractivity contribution in [3.63, 3.8) is 0 Å². The molecule has 1 N–H and O–H groups in total. The van der Waals surface area contributed by atoms with Crippen LogP contribution in [0.25, 0.3) is 0 Å². The van der Waals surface area contributed by atoms with Crippen molar-refractivity contribution in [2.75, 3.05) is 25.5 Å². The number of anilines is 1. The number of rotatable bonds is 7. The van der Waals surface area contributed by atoms with E-state index in [1.54, 1.807) is 29.2 Å². The first-order valence-electron chi connectivity index (χ1n) is 11.4. The summed E-state index contributed by atoms with van der Waals surface area (Å²) in [6.45, 7) is 5.61. The van der Waals surface area contributed by atoms with Gasteiger partial charge in [0.15, 0.2) is 0 Å². The maximum atomic E-state index is 13.4. The van der Waals surface area contributed by atoms with Crippen molar-refractivity contribution in [1.29, 1.82) is 0 Å². The van der Waals surface area contributed by atoms with Crippen LogP contribution < -0.4 is 10.1 Å². The van der Waals surface area contributed by atoms with Crippen LogP contribution >= 0.6 is 11.6 Å². The van der Waals surface area contributed by atoms with E-state index in [0.29, 0.717) is 47.2 Å². The van der Waals surface area contributed by atoms with Gasteiger partial charge in [-0.2, -0.15) is 10.2 Å². The minimum absolute atomic E-state index is 0.0264. The number of carbonyl (C=O) groups excluding carboxylic acids is 2. The number of fused-ring (bicyclic) bond motifs is 1. The number of nitrogens with one attached hydrogen (secondary N) is 1. The molecule has 1 atom stereocenters. The molecule has 4 rings (SSSR count). The van der Waals surface area contributed by atoms with Crippen LogP contribution in [0, 0.1) is 0 Å². The minimum Gasteiger partial charge on any atom is -0.486 e. The Morgan fingerprint density at radius 2 is 1.97 bits per heavy atom. The summed E-state index contributed by atoms with van der Waals surface area (Å²) in [6, 6.07) is 14.4. The lowest BCUT2D eigenvalue weighted by Gasteiger charge is -2.30. The normalized spacial score (nSPS) is 15.5. The number of aromatic nitrogens is 2. The minimum atomic E-state index is -0.381. The number of halogens is 1. The maximum Gasteiger partial charge on any atom is 0.259 e. The largest absolute Gasteiger partial charge is 0.486 e. The molecule has 2 amide bonds. The van der Waals surface area contributed by atoms with Gasteiger partial charge >= 0.3 is 0 Å². The third-order valence-electron chi connectivity index (χ3n) is 5.78. The van der Waals surface area contributed by atoms with E-state index in [2.05, 4.69) is 20.4 Å². The Labute approximate surface area is 209 Å². The highest BCUT2D eigenvalue weighted by Gasteiger charge is 2.33. The Morgan fingerprint density at radius 1 is 1.20 bits per heavy atom. The molecule has 0 saturated carbocycles. The average Bonchev–Trinajstić information content (AvgIpc) is 2.97. The lowest BCUT2D eigenvalue weighted by atomic mass is 10.1. The molecule has 0 spiro atoms. The van der Waals surface area contributed by atoms with Gasteiger partial charge in [-0.25, -0.2) is 0 Å². The first-order valence-corrected chi connectivity index (χ1v) is 11.8. The van der Waals surface area contributed by atoms with Gasteiger partial charge < -0.3 is 15.0 Å². The molecule has 9 heteroatoms. The van der Waals surface area contributed by atoms with Crippen molar-refractivity contribution < 1.29 is 14.3 Å². The van der Waals surface area contributed by atoms with Crippen molar-refractivity contribution in [3.05, 3.63) is 82.6 Å². The van der Waals surface area contributed by atoms with Gasteiger partial charge in [0.1, 0.15) is 11.9 Å². The van der Waals surface area contributed by atoms with E-state index >= 15 is 0 Å². The van der Waals surface area contributed by atoms with E-state index < -0.39 is 0 Å². The molecule has 0 bridgehead atoms. The number of hydrogen-bond acceptors (Lipinski definition) is 6. The van der Waals surface area contributed by atoms with Gasteiger partial charge in [-0.05, 0) is 56.8 Å². The smallest absolute Gasteiger partial charge is 0.259 e. The first kappa shape index (κ1) is 24.6. The summed E-state index contributed by atoms with van der Waals surface area (Å²) in [5.74, 6) is -0.239. The summed E-state index contributed by atoms with van der Waals surface area (Å²) in [5.41, 5.74) is 2.30. The Kier molecular flexibility index (Phi) is 7.63. The van der Waals surface area contributed by atoms with Crippen molar-refractivity contribution in [1.82, 2.24) is 20.0 Å². The third-order valence-corrected chi connectivity index (χ3v) is 6.03. The standard InChI is InChI=1S/C26H28ClN5O3/c1-17(2)32-16-21(15-31(3)14-18-7-9-19(27)10-8-18)35-24-22(5-4-6-23(24)26(32)34)25(33)30-20-11-12-28-29-13-20/h4-13,17,21H,14-16H2,1-3H3,(H,28,30,33)/t21-/m1/s1. The molecule has 1 aromatic heterocycles. The predicted molar refractivity (Wildman–Crippen MR) is 135 cm³/mol. The SMILES string of the molecule is CC(C)N1C[C@@H](CN(C)Cc2ccc(Cl)cc2)Oc2c(C(=O)Nc3ccnnc3)cccc2C1=O. The molecular weight excluding hydrogens is 466 g/mol. The molecule has 35 heavy (non-hydrogen) atoms. The van der Waals surface area contributed by atoms with Crippen LogP contribution in [0.2, 0.25) is 5.02 Å². The zero-order valence-corrected chi connectivity index (χ0v) is 20.7. The van der Waals surface area contributed by atoms with Crippen LogP contribution in [0.1, 0.15) is 40.1 Å². The van der Waals surface area contributed by atoms with Gasteiger partial charge in [-0.3, -0.25) is 14.5 Å². The molecule has 1 aliphatic heterocycles. The average molecular weight is 494 g/mol. The van der Waals surface area contributed by atoms with Crippen molar-refractivity contribution in [2.24, 2.45) is 0 Å². The second kappa shape index (κ2) is 10.8. The highest BCUT2D eigenvalue weighted by molar-refractivity contribution is 6.30. The van der Waals surface area contributed by atoms with Crippen molar-refractivity contribution in [3.8, 4) is 5.75 Å². The molecule has 182 valence electrons. The second-order valence-electron chi connectivity index (χ2n) is 8.88. The summed E-state index contributed by atoms with van der Waals surface area (Å²) in [7, 11) is 2.00. The zero-order valence-electron chi connectivity index (χ0n) is 19.9. The molecule has 1 aliphatic rings. The van der Waals surface area contributed by atoms with E-state index in [1.807, 2.05) is 45.2 Å². The fourth-order valence-electron chi connectivity index (χ4n) is 4.09. The molecule has 3 aromatic rings. The number of amides is 2. The zero-order chi connectivity index (χ0) is 24.9. The number of carbonyl (C=O) groups is 2. The van der Waals surface area contributed by atoms with Crippen LogP contribution in [0.15, 0.2) is 60.9 Å². The van der Waals surface area contributed by atoms with Crippen LogP contribution in [0.5, 0.6) is 5.75 Å². The molecule has 8 nitrogen and oxygen atoms in total. The van der Waals surface area contributed by atoms with Gasteiger partial charge in [0.25, 0.3) is 11.8 Å². The molecule has 2 heterocycles. The van der Waals surface area contributed by atoms with Gasteiger partial charge in [0, 0.05) is 24.2 Å². The van der Waals surface area contributed by atoms with Crippen LogP contribution in [-0.4, -0.2) is 64.1 Å². The Morgan fingerprint density at radius 3 is 2.66 bits per heavy atom. The molecule has 0 radical (unpaired) electrons. The van der Waals surface area contributed by atoms with Crippen molar-refractivity contribution >= 4 is 29.1 Å². The number of ether oxygens (including phenoxy) is 1. The van der Waals surface area contributed by atoms with Gasteiger partial charge in [0.05, 0.1) is 35.8 Å². The predicted octanol–water partition coefficient (Wildman–Crippen LogP) is 4.13. The Bertz CT molecular complexity index is 1190. The Balaban J connectivity index is 1.60. The van der Waals surface area contributed by atoms with Gasteiger partial charge in [-0.15, -0.1) is 0 Å². The molecule has 0 unspecified atom stereocenters. The van der Waals surface area contributed by atoms with Gasteiger partial charge in [0.2, 0.25) is 0 Å². The highest BCUT2D eigenvalue weighted by atomic mass is 35.5. The highest BCUT2D eigenvalue weighted by Crippen LogP contribution is 2.31. The number of hydrogen-bond donors (Lipinski definition) is 1. The quantitative estimate of drug-likeness (QED) is 0.532. The fourth-order valence-corrected chi connectivity index (χ4v) is 4.22. The topological polar surface area (TPSA) is 87.7 Å². The monoisotopic (exact) mass is 493 g/mol. The molecular formula is C26H28ClN5O3. The first-order chi connectivity index (χ1) is 16.8. The van der Waals surface area contributed by atoms with E-state index in [9.17, 15) is 9.59 Å². The van der Waals surface area contributed by atoms with E-state index in [4.69, 9.17) is 16.3 Å². The number of para-hydroxylation sites is 1. The Hall–Kier alpha value is -3.49. The summed E-state index contributed by atoms with van der Waals surface area (Å²) < 4.78 is 6.41. The van der Waals surface area contributed by atoms with E-state index in [1.165, 1.54) is 12.4 Å². The molecule has 0 aliphatic carbocycles. The number of benzene rings is 2. The van der Waals surface area contributed by atoms with E-state index in [-0.39, 0.29) is 24.0 Å². The molecule has 0 saturated heterocycles. The summed E-state index contributed by atoms with van der Waals surface area (Å²) >= 11 is 6.01. The van der Waals surface area contributed by atoms with E-state index in [0.717, 1.165) is 5.56 Å². The summed E-state index contributed by atoms with van der Waals surface area (Å²) in [4.78, 5) is 30.5. The summed E-state index contributed by atoms with van der Waals surface area (Å²) in [5, 5.41) is 11.0. The third kappa shape index (κ3) is 5.96. The summed E-state index contributed by atoms with van der Waals surface area (Å²) in [6.07, 6.45) is 2.62. The van der Waals surface area contributed by atoms with Crippen LogP contribution in [-0.2, 0) is 6.54 Å². The lowest BCUT2D eigenvalue weighted by molar-refractivity contribution is 0.0602. The van der Waals surface area contributed by atoms with Crippen LogP contribution in [0.4, 0.5) is 5.69 Å². The second-order valence-corrected chi connectivity index (χ2v) is 9.32. The molecule has 2 aromatic carbocycles. The van der Waals surface area contributed by atoms with Crippen molar-refractivity contribution in [2.45, 2.75) is 32.5 Å². The molecule has 0 fully saturated rings. The van der Waals surface area contributed by atoms with Crippen LogP contribution in [0.3, 0.4) is 0 Å². The van der Waals surface area contributed by atoms with Gasteiger partial charge in [-0.1, -0.05) is 29.8 Å². The number of nitrogens with zero attached hydrogens (tertiary/aromatic N) is 4. The fraction of sp³-hybridized carbons (Fsp3) is 0.308. The lowest BCUT2D eigenvalue weighted by Crippen LogP contribution is -2.45. The maximum absolute atomic E-state index is 13.4.